The van der Waals surface area contributed by atoms with E-state index in [0.29, 0.717) is 76.6 Å². The Balaban J connectivity index is 0.931. The third kappa shape index (κ3) is 22.7. The fourth-order valence-corrected chi connectivity index (χ4v) is 24.3. The normalized spacial score (nSPS) is 26.7. The van der Waals surface area contributed by atoms with Crippen LogP contribution in [0.2, 0.25) is 10.0 Å². The number of rotatable bonds is 26. The van der Waals surface area contributed by atoms with Gasteiger partial charge in [-0.3, -0.25) is 42.9 Å². The number of aliphatic hydroxyl groups excluding tert-OH is 8. The summed E-state index contributed by atoms with van der Waals surface area (Å²) in [5.74, 6) is -13.3. The number of fused-ring (bicyclic) bond motifs is 14. The summed E-state index contributed by atoms with van der Waals surface area (Å²) in [6, 6.07) is 8.31. The number of aliphatic hydroxyl groups is 8. The van der Waals surface area contributed by atoms with Crippen molar-refractivity contribution in [1.82, 2.24) is 66.8 Å². The average Bonchev–Trinajstić information content (AvgIpc) is 1.50. The van der Waals surface area contributed by atoms with Gasteiger partial charge in [0.1, 0.15) is 132 Å². The lowest BCUT2D eigenvalue weighted by molar-refractivity contribution is -0.277. The quantitative estimate of drug-likeness (QED) is 0.0208. The molecular formula is C99H123Cl2N13O27P+. The predicted octanol–water partition coefficient (Wildman–Crippen LogP) is 6.32. The number of benzene rings is 7. The van der Waals surface area contributed by atoms with Crippen LogP contribution in [0, 0.1) is 5.92 Å². The standard InChI is InChI=1S/C99H122Cl2N13O27P/c1-50(2)18-9-7-6-8-10-19-74(120)105-83-87(124)85(122)72(48-115)138-98(83)140-90-70-42-55-43-71(90)136-66-29-24-54(40-62(66)100)84(121)82-97(133)109-80(92(128)103-30-17-31-111(4)5)60-44-56(117)45-68(137-99-89(126)88(125)86(123)73(49-116)139-99)75(60)59-39-52(22-27-64(59)118)78(94(130)110-82)106-95(131)79(55)107-96(132)81-61-46-58(47-69(76(61)101)141-142(112-32-11-12-33-112,113-34-13-14-35-113)114-36-15-16-37-114)135-67-41-53(23-28-65(67)119)77(102-3)93(129)104-63(91(127)108-81)38-51-20-25-57(134-70)26-21-51/h20-29,39-47,50,63,72-73,77-89,98-99,102,115-116,121-126H,6-19,30-38,48-49H2,1-5H3,(H10-,103,104,105,106,107,108,109,110,117,118,119,120,127,128,129,130,131,132,133)/p+1/t63-,72-,73-,77+,78-,79-,80-,81+,82+,83-,84-,85-,86-,87-,88+,89+,98+,99+/m1/s1. The Kier molecular flexibility index (Phi) is 33.2. The molecule has 5 fully saturated rings. The van der Waals surface area contributed by atoms with E-state index in [1.807, 2.05) is 4.90 Å². The van der Waals surface area contributed by atoms with E-state index in [0.717, 1.165) is 107 Å². The molecule has 7 aromatic carbocycles. The third-order valence-corrected chi connectivity index (χ3v) is 31.6. The Morgan fingerprint density at radius 1 is 0.535 bits per heavy atom. The van der Waals surface area contributed by atoms with Crippen LogP contribution < -0.4 is 76.1 Å². The van der Waals surface area contributed by atoms with Crippen LogP contribution in [-0.4, -0.2) is 282 Å². The number of nitrogens with one attached hydrogen (secondary N) is 9. The molecule has 11 heterocycles. The van der Waals surface area contributed by atoms with Gasteiger partial charge in [-0.15, -0.1) is 14.0 Å². The number of nitrogens with zero attached hydrogens (tertiary/aromatic N) is 4. The highest BCUT2D eigenvalue weighted by Crippen LogP contribution is 2.71. The van der Waals surface area contributed by atoms with E-state index in [2.05, 4.69) is 75.7 Å². The lowest BCUT2D eigenvalue weighted by atomic mass is 9.89. The first kappa shape index (κ1) is 104. The molecule has 8 amide bonds. The van der Waals surface area contributed by atoms with Gasteiger partial charge in [-0.05, 0) is 191 Å². The molecule has 18 atom stereocenters. The third-order valence-electron chi connectivity index (χ3n) is 27.1. The minimum Gasteiger partial charge on any atom is -0.508 e. The summed E-state index contributed by atoms with van der Waals surface area (Å²) < 4.78 is 61.1. The molecule has 0 aliphatic carbocycles. The summed E-state index contributed by atoms with van der Waals surface area (Å²) in [6.45, 7) is 6.48. The number of halogens is 2. The number of unbranched alkanes of at least 4 members (excludes halogenated alkanes) is 4. The van der Waals surface area contributed by atoms with Crippen LogP contribution in [0.3, 0.4) is 0 Å². The highest BCUT2D eigenvalue weighted by atomic mass is 35.5. The second kappa shape index (κ2) is 45.5. The van der Waals surface area contributed by atoms with Crippen LogP contribution in [0.5, 0.6) is 69.0 Å². The van der Waals surface area contributed by atoms with E-state index in [-0.39, 0.29) is 75.4 Å². The Morgan fingerprint density at radius 3 is 1.78 bits per heavy atom. The van der Waals surface area contributed by atoms with E-state index in [4.69, 9.17) is 60.9 Å². The molecule has 20 N–H and O–H groups in total. The summed E-state index contributed by atoms with van der Waals surface area (Å²) in [5.41, 5.74) is -2.02. The zero-order valence-electron chi connectivity index (χ0n) is 79.1. The van der Waals surface area contributed by atoms with Crippen molar-refractivity contribution < 1.29 is 132 Å². The summed E-state index contributed by atoms with van der Waals surface area (Å²) >= 11 is 15.5. The number of likely N-dealkylation sites (N-methyl/N-ethyl adjacent to an activating group) is 1. The van der Waals surface area contributed by atoms with Gasteiger partial charge in [-0.25, -0.2) is 0 Å². The van der Waals surface area contributed by atoms with Gasteiger partial charge in [-0.1, -0.05) is 99.5 Å². The largest absolute Gasteiger partial charge is 0.508 e. The fourth-order valence-electron chi connectivity index (χ4n) is 19.5. The topological polar surface area (TPSA) is 554 Å². The maximum atomic E-state index is 17.4. The van der Waals surface area contributed by atoms with Crippen LogP contribution in [0.15, 0.2) is 115 Å². The van der Waals surface area contributed by atoms with Crippen molar-refractivity contribution in [2.75, 3.05) is 86.7 Å². The van der Waals surface area contributed by atoms with Crippen molar-refractivity contribution in [2.24, 2.45) is 5.92 Å². The van der Waals surface area contributed by atoms with Crippen LogP contribution in [-0.2, 0) is 54.3 Å². The molecule has 11 aliphatic rings. The summed E-state index contributed by atoms with van der Waals surface area (Å²) in [5, 5.41) is 153. The average molecular weight is 2030 g/mol. The van der Waals surface area contributed by atoms with E-state index >= 15 is 33.6 Å². The SMILES string of the molecule is CN[C@@H]1C(=O)N[C@@H]2Cc3ccc(cc3)Oc3cc4cc(c3O[C@@H]3O[C@H](CO)[C@@H](O)[C@H](O)[C@H]3NC(=O)CCCCCCCC(C)C)Oc3ccc(cc3Cl)[C@@H](O)[C@@H]3NC(=O)[C@H](NC(=O)[C@@H]4NC(=O)[C@@H](NC2=O)c2cc(cc(O[P+](N4CCCC4)(N4CCCC4)N4CCCC4)c2Cl)Oc2cc1ccc2O)c1ccc(O)c(c1)-c1c(O[C@H]2O[C@H](CO)[C@@H](O)[C@H](O)[C@@H]2O)cc(O)cc1[C@H](C(=O)NCCCN(C)C)NC3=O. The monoisotopic (exact) mass is 2030 g/mol. The highest BCUT2D eigenvalue weighted by molar-refractivity contribution is 7.64. The second-order valence-electron chi connectivity index (χ2n) is 37.9. The van der Waals surface area contributed by atoms with Gasteiger partial charge in [0.05, 0.1) is 23.3 Å². The molecule has 40 nitrogen and oxygen atoms in total. The molecule has 0 saturated carbocycles. The number of carbonyl (C=O) groups is 8. The molecular weight excluding hydrogens is 1910 g/mol. The first-order valence-electron chi connectivity index (χ1n) is 48.2. The Hall–Kier alpha value is -11.1. The molecule has 18 rings (SSSR count). The second-order valence-corrected chi connectivity index (χ2v) is 41.6. The smallest absolute Gasteiger partial charge is 0.417 e. The van der Waals surface area contributed by atoms with Gasteiger partial charge in [0.2, 0.25) is 71.3 Å². The van der Waals surface area contributed by atoms with E-state index < -0.39 is 246 Å². The first-order valence-corrected chi connectivity index (χ1v) is 50.5. The number of hydrogen-bond acceptors (Lipinski definition) is 32. The minimum absolute atomic E-state index is 0.0595. The number of hydrogen-bond donors (Lipinski definition) is 20. The summed E-state index contributed by atoms with van der Waals surface area (Å²) in [6.07, 6.45) is -9.96. The Bertz CT molecular complexity index is 5740. The molecule has 0 aromatic heterocycles. The molecule has 0 radical (unpaired) electrons. The van der Waals surface area contributed by atoms with Crippen molar-refractivity contribution >= 4 is 78.4 Å². The van der Waals surface area contributed by atoms with Gasteiger partial charge < -0.3 is 142 Å². The lowest BCUT2D eigenvalue weighted by Crippen LogP contribution is -2.65. The van der Waals surface area contributed by atoms with Crippen LogP contribution >= 0.6 is 31.1 Å². The number of aromatic hydroxyl groups is 3. The van der Waals surface area contributed by atoms with Crippen LogP contribution in [0.4, 0.5) is 0 Å². The lowest BCUT2D eigenvalue weighted by Gasteiger charge is -2.42. The zero-order chi connectivity index (χ0) is 101. The van der Waals surface area contributed by atoms with Gasteiger partial charge in [0, 0.05) is 87.5 Å². The molecule has 0 unspecified atom stereocenters. The van der Waals surface area contributed by atoms with Gasteiger partial charge in [-0.2, -0.15) is 0 Å². The molecule has 11 aliphatic heterocycles. The van der Waals surface area contributed by atoms with E-state index in [9.17, 15) is 61.0 Å². The number of amides is 8. The molecule has 5 saturated heterocycles. The van der Waals surface area contributed by atoms with Crippen LogP contribution in [0.1, 0.15) is 179 Å². The van der Waals surface area contributed by atoms with Crippen molar-refractivity contribution in [3.63, 3.8) is 0 Å². The van der Waals surface area contributed by atoms with Gasteiger partial charge in [0.25, 0.3) is 0 Å². The Labute approximate surface area is 829 Å². The number of phenols is 3. The van der Waals surface area contributed by atoms with E-state index in [1.165, 1.54) is 67.7 Å². The molecule has 43 heteroatoms. The van der Waals surface area contributed by atoms with Crippen molar-refractivity contribution in [2.45, 2.75) is 220 Å². The highest BCUT2D eigenvalue weighted by Gasteiger charge is 2.63. The number of carbonyl (C=O) groups excluding carboxylic acids is 8. The van der Waals surface area contributed by atoms with Crippen molar-refractivity contribution in [3.8, 4) is 80.1 Å². The zero-order valence-corrected chi connectivity index (χ0v) is 81.5. The van der Waals surface area contributed by atoms with Gasteiger partial charge in [0.15, 0.2) is 23.0 Å². The number of ether oxygens (including phenoxy) is 7. The molecule has 764 valence electrons. The van der Waals surface area contributed by atoms with E-state index in [1.54, 1.807) is 26.2 Å². The minimum atomic E-state index is -3.20. The maximum Gasteiger partial charge on any atom is 0.417 e. The van der Waals surface area contributed by atoms with Crippen molar-refractivity contribution in [3.05, 3.63) is 164 Å². The molecule has 7 aromatic rings. The van der Waals surface area contributed by atoms with Crippen molar-refractivity contribution in [1.29, 1.82) is 0 Å². The van der Waals surface area contributed by atoms with Gasteiger partial charge >= 0.3 is 7.94 Å². The summed E-state index contributed by atoms with van der Waals surface area (Å²) in [7, 11) is 1.87. The summed E-state index contributed by atoms with van der Waals surface area (Å²) in [4.78, 5) is 131. The van der Waals surface area contributed by atoms with Crippen LogP contribution in [0.25, 0.3) is 11.1 Å². The predicted molar refractivity (Wildman–Crippen MR) is 515 cm³/mol. The fraction of sp³-hybridized carbons (Fsp3) is 0.495. The first-order chi connectivity index (χ1) is 68.2. The Morgan fingerprint density at radius 2 is 1.13 bits per heavy atom. The molecule has 17 bridgehead atoms. The molecule has 0 spiro atoms. The maximum absolute atomic E-state index is 17.4. The number of phenolic OH excluding ortho intramolecular Hbond substituents is 3. The molecule has 142 heavy (non-hydrogen) atoms.